The number of carbonyl (C=O) groups excluding carboxylic acids is 1. The molecular weight excluding hydrogens is 192 g/mol. The quantitative estimate of drug-likeness (QED) is 0.674. The Hall–Kier alpha value is -2.04. The fraction of sp³-hybridized carbons (Fsp3) is 0.200. The third-order valence-electron chi connectivity index (χ3n) is 1.97. The second kappa shape index (κ2) is 3.61. The third-order valence-corrected chi connectivity index (χ3v) is 1.97. The van der Waals surface area contributed by atoms with Gasteiger partial charge in [-0.15, -0.1) is 0 Å². The lowest BCUT2D eigenvalue weighted by Gasteiger charge is -1.97. The molecule has 0 unspecified atom stereocenters. The first kappa shape index (κ1) is 9.51. The molecule has 0 radical (unpaired) electrons. The van der Waals surface area contributed by atoms with Crippen LogP contribution in [-0.4, -0.2) is 25.8 Å². The molecule has 0 bridgehead atoms. The Morgan fingerprint density at radius 2 is 2.13 bits per heavy atom. The van der Waals surface area contributed by atoms with E-state index in [1.54, 1.807) is 19.3 Å². The maximum atomic E-state index is 11.9. The van der Waals surface area contributed by atoms with E-state index in [9.17, 15) is 4.79 Å². The fourth-order valence-corrected chi connectivity index (χ4v) is 1.28. The van der Waals surface area contributed by atoms with Crippen molar-refractivity contribution in [1.82, 2.24) is 20.0 Å². The summed E-state index contributed by atoms with van der Waals surface area (Å²) in [5, 5.41) is 7.79. The van der Waals surface area contributed by atoms with Gasteiger partial charge in [-0.3, -0.25) is 9.78 Å². The third kappa shape index (κ3) is 1.90. The first-order valence-corrected chi connectivity index (χ1v) is 4.49. The lowest BCUT2D eigenvalue weighted by Crippen LogP contribution is -2.04. The molecule has 2 heterocycles. The Morgan fingerprint density at radius 1 is 1.33 bits per heavy atom. The van der Waals surface area contributed by atoms with Gasteiger partial charge in [0.15, 0.2) is 5.69 Å². The van der Waals surface area contributed by atoms with Crippen molar-refractivity contribution in [3.8, 4) is 0 Å². The zero-order chi connectivity index (χ0) is 10.8. The number of hydrogen-bond acceptors (Lipinski definition) is 4. The van der Waals surface area contributed by atoms with Gasteiger partial charge in [-0.1, -0.05) is 0 Å². The van der Waals surface area contributed by atoms with Gasteiger partial charge in [-0.05, 0) is 18.6 Å². The molecule has 0 atom stereocenters. The number of aryl methyl sites for hydroxylation is 2. The number of nitrogens with zero attached hydrogens (tertiary/aromatic N) is 4. The van der Waals surface area contributed by atoms with E-state index in [0.29, 0.717) is 11.3 Å². The summed E-state index contributed by atoms with van der Waals surface area (Å²) >= 11 is 0. The number of carbonyl (C=O) groups is 1. The molecule has 0 saturated carbocycles. The maximum absolute atomic E-state index is 11.9. The van der Waals surface area contributed by atoms with E-state index >= 15 is 0 Å². The molecule has 2 aromatic heterocycles. The predicted molar refractivity (Wildman–Crippen MR) is 53.4 cm³/mol. The standard InChI is InChI=1S/C10H10N4O/c1-7-3-8(5-11-4-7)10(15)9-6-12-14(2)13-9/h3-6H,1-2H3. The first-order chi connectivity index (χ1) is 7.16. The molecule has 15 heavy (non-hydrogen) atoms. The second-order valence-electron chi connectivity index (χ2n) is 3.30. The molecule has 0 amide bonds. The van der Waals surface area contributed by atoms with Crippen molar-refractivity contribution in [1.29, 1.82) is 0 Å². The Kier molecular flexibility index (Phi) is 2.29. The van der Waals surface area contributed by atoms with E-state index in [-0.39, 0.29) is 5.78 Å². The van der Waals surface area contributed by atoms with Crippen LogP contribution in [0, 0.1) is 6.92 Å². The lowest BCUT2D eigenvalue weighted by atomic mass is 10.1. The number of hydrogen-bond donors (Lipinski definition) is 0. The van der Waals surface area contributed by atoms with E-state index in [0.717, 1.165) is 5.56 Å². The highest BCUT2D eigenvalue weighted by atomic mass is 16.1. The van der Waals surface area contributed by atoms with Gasteiger partial charge < -0.3 is 0 Å². The van der Waals surface area contributed by atoms with E-state index < -0.39 is 0 Å². The van der Waals surface area contributed by atoms with Crippen LogP contribution in [0.1, 0.15) is 21.6 Å². The molecule has 0 saturated heterocycles. The number of rotatable bonds is 2. The monoisotopic (exact) mass is 202 g/mol. The lowest BCUT2D eigenvalue weighted by molar-refractivity contribution is 0.103. The molecule has 0 spiro atoms. The highest BCUT2D eigenvalue weighted by molar-refractivity contribution is 6.07. The van der Waals surface area contributed by atoms with Crippen molar-refractivity contribution in [2.45, 2.75) is 6.92 Å². The zero-order valence-electron chi connectivity index (χ0n) is 8.51. The van der Waals surface area contributed by atoms with Crippen LogP contribution in [0.2, 0.25) is 0 Å². The minimum absolute atomic E-state index is 0.153. The van der Waals surface area contributed by atoms with E-state index in [1.807, 2.05) is 6.92 Å². The minimum Gasteiger partial charge on any atom is -0.287 e. The highest BCUT2D eigenvalue weighted by Crippen LogP contribution is 2.06. The average Bonchev–Trinajstić information content (AvgIpc) is 2.64. The first-order valence-electron chi connectivity index (χ1n) is 4.49. The maximum Gasteiger partial charge on any atom is 0.216 e. The molecule has 0 N–H and O–H groups in total. The summed E-state index contributed by atoms with van der Waals surface area (Å²) < 4.78 is 0. The summed E-state index contributed by atoms with van der Waals surface area (Å²) in [5.41, 5.74) is 1.82. The summed E-state index contributed by atoms with van der Waals surface area (Å²) in [4.78, 5) is 17.2. The minimum atomic E-state index is -0.153. The summed E-state index contributed by atoms with van der Waals surface area (Å²) in [7, 11) is 1.67. The van der Waals surface area contributed by atoms with Crippen molar-refractivity contribution in [3.63, 3.8) is 0 Å². The van der Waals surface area contributed by atoms with Crippen LogP contribution < -0.4 is 0 Å². The van der Waals surface area contributed by atoms with Crippen LogP contribution in [0.4, 0.5) is 0 Å². The molecule has 76 valence electrons. The van der Waals surface area contributed by atoms with Gasteiger partial charge >= 0.3 is 0 Å². The molecular formula is C10H10N4O. The van der Waals surface area contributed by atoms with E-state index in [4.69, 9.17) is 0 Å². The summed E-state index contributed by atoms with van der Waals surface area (Å²) in [5.74, 6) is -0.153. The smallest absolute Gasteiger partial charge is 0.216 e. The van der Waals surface area contributed by atoms with Crippen LogP contribution in [0.3, 0.4) is 0 Å². The van der Waals surface area contributed by atoms with Crippen LogP contribution in [-0.2, 0) is 7.05 Å². The van der Waals surface area contributed by atoms with Crippen LogP contribution in [0.5, 0.6) is 0 Å². The van der Waals surface area contributed by atoms with Crippen molar-refractivity contribution >= 4 is 5.78 Å². The Labute approximate surface area is 86.8 Å². The molecule has 5 heteroatoms. The van der Waals surface area contributed by atoms with Gasteiger partial charge in [-0.2, -0.15) is 15.0 Å². The highest BCUT2D eigenvalue weighted by Gasteiger charge is 2.12. The van der Waals surface area contributed by atoms with Crippen molar-refractivity contribution in [3.05, 3.63) is 41.5 Å². The van der Waals surface area contributed by atoms with E-state index in [1.165, 1.54) is 17.2 Å². The molecule has 2 aromatic rings. The summed E-state index contributed by atoms with van der Waals surface area (Å²) in [6, 6.07) is 1.78. The van der Waals surface area contributed by atoms with Crippen LogP contribution in [0.15, 0.2) is 24.7 Å². The van der Waals surface area contributed by atoms with Gasteiger partial charge in [0, 0.05) is 25.0 Å². The number of ketones is 1. The Balaban J connectivity index is 2.36. The molecule has 2 rings (SSSR count). The molecule has 0 aliphatic heterocycles. The SMILES string of the molecule is Cc1cncc(C(=O)c2cnn(C)n2)c1. The fourth-order valence-electron chi connectivity index (χ4n) is 1.28. The molecule has 0 fully saturated rings. The van der Waals surface area contributed by atoms with Crippen molar-refractivity contribution in [2.75, 3.05) is 0 Å². The van der Waals surface area contributed by atoms with Crippen LogP contribution in [0.25, 0.3) is 0 Å². The van der Waals surface area contributed by atoms with Gasteiger partial charge in [-0.25, -0.2) is 0 Å². The van der Waals surface area contributed by atoms with Gasteiger partial charge in [0.25, 0.3) is 0 Å². The number of aromatic nitrogens is 4. The summed E-state index contributed by atoms with van der Waals surface area (Å²) in [6.45, 7) is 1.89. The van der Waals surface area contributed by atoms with Gasteiger partial charge in [0.05, 0.1) is 6.20 Å². The van der Waals surface area contributed by atoms with Crippen molar-refractivity contribution < 1.29 is 4.79 Å². The normalized spacial score (nSPS) is 10.3. The van der Waals surface area contributed by atoms with Crippen LogP contribution >= 0.6 is 0 Å². The van der Waals surface area contributed by atoms with E-state index in [2.05, 4.69) is 15.2 Å². The zero-order valence-corrected chi connectivity index (χ0v) is 8.51. The Bertz CT molecular complexity index is 504. The molecule has 0 aromatic carbocycles. The van der Waals surface area contributed by atoms with Crippen molar-refractivity contribution in [2.24, 2.45) is 7.05 Å². The second-order valence-corrected chi connectivity index (χ2v) is 3.30. The predicted octanol–water partition coefficient (Wildman–Crippen LogP) is 0.750. The molecule has 0 aliphatic rings. The van der Waals surface area contributed by atoms with Gasteiger partial charge in [0.2, 0.25) is 5.78 Å². The topological polar surface area (TPSA) is 60.7 Å². The summed E-state index contributed by atoms with van der Waals surface area (Å²) in [6.07, 6.45) is 4.68. The Morgan fingerprint density at radius 3 is 2.73 bits per heavy atom. The molecule has 0 aliphatic carbocycles. The molecule has 5 nitrogen and oxygen atoms in total. The largest absolute Gasteiger partial charge is 0.287 e. The van der Waals surface area contributed by atoms with Gasteiger partial charge in [0.1, 0.15) is 0 Å². The number of pyridine rings is 1. The average molecular weight is 202 g/mol.